The number of benzene rings is 1. The van der Waals surface area contributed by atoms with E-state index in [9.17, 15) is 0 Å². The van der Waals surface area contributed by atoms with Crippen molar-refractivity contribution in [3.05, 3.63) is 35.9 Å². The summed E-state index contributed by atoms with van der Waals surface area (Å²) >= 11 is 0. The molecule has 0 bridgehead atoms. The lowest BCUT2D eigenvalue weighted by Crippen LogP contribution is -2.30. The van der Waals surface area contributed by atoms with E-state index >= 15 is 0 Å². The van der Waals surface area contributed by atoms with Crippen molar-refractivity contribution in [1.29, 1.82) is 0 Å². The molecule has 0 saturated heterocycles. The van der Waals surface area contributed by atoms with Gasteiger partial charge in [0.15, 0.2) is 0 Å². The molecule has 1 saturated carbocycles. The summed E-state index contributed by atoms with van der Waals surface area (Å²) in [7, 11) is 0. The fourth-order valence-corrected chi connectivity index (χ4v) is 3.44. The predicted octanol–water partition coefficient (Wildman–Crippen LogP) is 5.13. The van der Waals surface area contributed by atoms with Crippen LogP contribution in [0.4, 0.5) is 0 Å². The molecular formula is C19H31N. The van der Waals surface area contributed by atoms with E-state index in [1.54, 1.807) is 0 Å². The highest BCUT2D eigenvalue weighted by atomic mass is 14.9. The topological polar surface area (TPSA) is 12.0 Å². The molecule has 3 unspecified atom stereocenters. The standard InChI is InChI=1S/C19H31N/c1-3-17-8-7-11-19(13-12-17)20-15-14-16(2)18-9-5-4-6-10-18/h4-6,9-10,16-17,19-20H,3,7-8,11-15H2,1-2H3. The summed E-state index contributed by atoms with van der Waals surface area (Å²) in [6.07, 6.45) is 9.70. The average Bonchev–Trinajstić information content (AvgIpc) is 2.73. The maximum absolute atomic E-state index is 3.81. The maximum atomic E-state index is 3.81. The largest absolute Gasteiger partial charge is 0.314 e. The fourth-order valence-electron chi connectivity index (χ4n) is 3.44. The van der Waals surface area contributed by atoms with Crippen molar-refractivity contribution < 1.29 is 0 Å². The molecule has 3 atom stereocenters. The molecule has 0 aliphatic heterocycles. The van der Waals surface area contributed by atoms with Gasteiger partial charge in [-0.1, -0.05) is 63.4 Å². The Kier molecular flexibility index (Phi) is 6.59. The van der Waals surface area contributed by atoms with Crippen LogP contribution in [0.5, 0.6) is 0 Å². The molecular weight excluding hydrogens is 242 g/mol. The molecule has 20 heavy (non-hydrogen) atoms. The molecule has 0 heterocycles. The van der Waals surface area contributed by atoms with Gasteiger partial charge in [-0.3, -0.25) is 0 Å². The van der Waals surface area contributed by atoms with Crippen LogP contribution in [0.3, 0.4) is 0 Å². The smallest absolute Gasteiger partial charge is 0.00671 e. The van der Waals surface area contributed by atoms with Crippen molar-refractivity contribution in [3.8, 4) is 0 Å². The molecule has 1 aliphatic rings. The normalized spacial score (nSPS) is 25.1. The van der Waals surface area contributed by atoms with Crippen LogP contribution in [0.25, 0.3) is 0 Å². The van der Waals surface area contributed by atoms with E-state index in [0.29, 0.717) is 5.92 Å². The van der Waals surface area contributed by atoms with Crippen LogP contribution in [-0.2, 0) is 0 Å². The second-order valence-corrected chi connectivity index (χ2v) is 6.53. The minimum atomic E-state index is 0.665. The van der Waals surface area contributed by atoms with E-state index in [1.165, 1.54) is 50.5 Å². The number of nitrogens with one attached hydrogen (secondary N) is 1. The van der Waals surface area contributed by atoms with E-state index in [0.717, 1.165) is 18.5 Å². The van der Waals surface area contributed by atoms with Crippen molar-refractivity contribution in [3.63, 3.8) is 0 Å². The summed E-state index contributed by atoms with van der Waals surface area (Å²) in [5.41, 5.74) is 1.47. The van der Waals surface area contributed by atoms with E-state index in [1.807, 2.05) is 0 Å². The van der Waals surface area contributed by atoms with Gasteiger partial charge in [-0.05, 0) is 49.6 Å². The average molecular weight is 273 g/mol. The first kappa shape index (κ1) is 15.6. The number of hydrogen-bond donors (Lipinski definition) is 1. The molecule has 0 spiro atoms. The summed E-state index contributed by atoms with van der Waals surface area (Å²) < 4.78 is 0. The first-order valence-electron chi connectivity index (χ1n) is 8.58. The Morgan fingerprint density at radius 1 is 1.10 bits per heavy atom. The molecule has 1 N–H and O–H groups in total. The van der Waals surface area contributed by atoms with Crippen LogP contribution in [0.15, 0.2) is 30.3 Å². The van der Waals surface area contributed by atoms with Crippen LogP contribution in [-0.4, -0.2) is 12.6 Å². The van der Waals surface area contributed by atoms with Crippen LogP contribution in [0.2, 0.25) is 0 Å². The molecule has 1 nitrogen and oxygen atoms in total. The minimum Gasteiger partial charge on any atom is -0.314 e. The molecule has 1 fully saturated rings. The lowest BCUT2D eigenvalue weighted by molar-refractivity contribution is 0.420. The van der Waals surface area contributed by atoms with Crippen molar-refractivity contribution >= 4 is 0 Å². The molecule has 1 aromatic carbocycles. The molecule has 1 aliphatic carbocycles. The van der Waals surface area contributed by atoms with Crippen LogP contribution >= 0.6 is 0 Å². The predicted molar refractivity (Wildman–Crippen MR) is 88.1 cm³/mol. The van der Waals surface area contributed by atoms with Gasteiger partial charge in [-0.25, -0.2) is 0 Å². The van der Waals surface area contributed by atoms with Crippen LogP contribution in [0, 0.1) is 5.92 Å². The summed E-state index contributed by atoms with van der Waals surface area (Å²) in [4.78, 5) is 0. The Bertz CT molecular complexity index is 359. The van der Waals surface area contributed by atoms with Crippen molar-refractivity contribution in [2.24, 2.45) is 5.92 Å². The Morgan fingerprint density at radius 3 is 2.65 bits per heavy atom. The molecule has 1 aromatic rings. The van der Waals surface area contributed by atoms with E-state index in [-0.39, 0.29) is 0 Å². The van der Waals surface area contributed by atoms with Gasteiger partial charge < -0.3 is 5.32 Å². The van der Waals surface area contributed by atoms with Gasteiger partial charge in [0.2, 0.25) is 0 Å². The Morgan fingerprint density at radius 2 is 1.90 bits per heavy atom. The maximum Gasteiger partial charge on any atom is 0.00671 e. The zero-order valence-electron chi connectivity index (χ0n) is 13.3. The molecule has 0 aromatic heterocycles. The van der Waals surface area contributed by atoms with Gasteiger partial charge in [0.25, 0.3) is 0 Å². The van der Waals surface area contributed by atoms with Gasteiger partial charge in [-0.2, -0.15) is 0 Å². The Balaban J connectivity index is 1.68. The van der Waals surface area contributed by atoms with E-state index in [4.69, 9.17) is 0 Å². The third kappa shape index (κ3) is 4.94. The zero-order chi connectivity index (χ0) is 14.2. The first-order valence-corrected chi connectivity index (χ1v) is 8.58. The lowest BCUT2D eigenvalue weighted by Gasteiger charge is -2.18. The number of rotatable bonds is 6. The molecule has 2 rings (SSSR count). The first-order chi connectivity index (χ1) is 9.79. The second-order valence-electron chi connectivity index (χ2n) is 6.53. The van der Waals surface area contributed by atoms with E-state index in [2.05, 4.69) is 49.5 Å². The molecule has 0 amide bonds. The van der Waals surface area contributed by atoms with Crippen LogP contribution in [0.1, 0.15) is 70.3 Å². The summed E-state index contributed by atoms with van der Waals surface area (Å²) in [6, 6.07) is 11.7. The van der Waals surface area contributed by atoms with Crippen molar-refractivity contribution in [2.45, 2.75) is 70.8 Å². The van der Waals surface area contributed by atoms with Gasteiger partial charge in [-0.15, -0.1) is 0 Å². The van der Waals surface area contributed by atoms with Gasteiger partial charge in [0, 0.05) is 6.04 Å². The zero-order valence-corrected chi connectivity index (χ0v) is 13.3. The third-order valence-electron chi connectivity index (χ3n) is 5.04. The van der Waals surface area contributed by atoms with Crippen LogP contribution < -0.4 is 5.32 Å². The Labute approximate surface area is 125 Å². The number of hydrogen-bond acceptors (Lipinski definition) is 1. The highest BCUT2D eigenvalue weighted by molar-refractivity contribution is 5.18. The van der Waals surface area contributed by atoms with Gasteiger partial charge >= 0.3 is 0 Å². The summed E-state index contributed by atoms with van der Waals surface area (Å²) in [5.74, 6) is 1.66. The molecule has 0 radical (unpaired) electrons. The minimum absolute atomic E-state index is 0.665. The lowest BCUT2D eigenvalue weighted by atomic mass is 9.97. The highest BCUT2D eigenvalue weighted by Gasteiger charge is 2.17. The van der Waals surface area contributed by atoms with Crippen molar-refractivity contribution in [1.82, 2.24) is 5.32 Å². The second kappa shape index (κ2) is 8.46. The molecule has 1 heteroatoms. The Hall–Kier alpha value is -0.820. The highest BCUT2D eigenvalue weighted by Crippen LogP contribution is 2.25. The fraction of sp³-hybridized carbons (Fsp3) is 0.684. The van der Waals surface area contributed by atoms with Gasteiger partial charge in [0.05, 0.1) is 0 Å². The molecule has 112 valence electrons. The van der Waals surface area contributed by atoms with Crippen molar-refractivity contribution in [2.75, 3.05) is 6.54 Å². The SMILES string of the molecule is CCC1CCCC(NCCC(C)c2ccccc2)CC1. The third-order valence-corrected chi connectivity index (χ3v) is 5.04. The monoisotopic (exact) mass is 273 g/mol. The summed E-state index contributed by atoms with van der Waals surface area (Å²) in [6.45, 7) is 5.86. The van der Waals surface area contributed by atoms with E-state index < -0.39 is 0 Å². The summed E-state index contributed by atoms with van der Waals surface area (Å²) in [5, 5.41) is 3.81. The quantitative estimate of drug-likeness (QED) is 0.709. The van der Waals surface area contributed by atoms with Gasteiger partial charge in [0.1, 0.15) is 0 Å².